The molecule has 0 saturated heterocycles. The molecule has 3 heterocycles. The summed E-state index contributed by atoms with van der Waals surface area (Å²) in [6.45, 7) is 0. The quantitative estimate of drug-likeness (QED) is 0.210. The lowest BCUT2D eigenvalue weighted by Gasteiger charge is -2.13. The Morgan fingerprint density at radius 2 is 0.556 bits per heavy atom. The van der Waals surface area contributed by atoms with E-state index in [1.54, 1.807) is 0 Å². The molecule has 0 amide bonds. The van der Waals surface area contributed by atoms with Crippen LogP contribution in [0.25, 0.3) is 99.2 Å². The maximum Gasteiger partial charge on any atom is 0.136 e. The van der Waals surface area contributed by atoms with E-state index in [0.29, 0.717) is 0 Å². The fraction of sp³-hybridized carbons (Fsp3) is 0. The lowest BCUT2D eigenvalue weighted by atomic mass is 9.89. The highest BCUT2D eigenvalue weighted by molar-refractivity contribution is 6.16. The van der Waals surface area contributed by atoms with Crippen LogP contribution in [0.3, 0.4) is 0 Å². The van der Waals surface area contributed by atoms with Crippen molar-refractivity contribution in [3.05, 3.63) is 146 Å². The fourth-order valence-electron chi connectivity index (χ4n) is 7.14. The number of benzene rings is 7. The van der Waals surface area contributed by atoms with Crippen molar-refractivity contribution in [3.8, 4) is 33.4 Å². The predicted molar refractivity (Wildman–Crippen MR) is 185 cm³/mol. The van der Waals surface area contributed by atoms with E-state index in [2.05, 4.69) is 109 Å². The van der Waals surface area contributed by atoms with Gasteiger partial charge in [-0.15, -0.1) is 0 Å². The van der Waals surface area contributed by atoms with E-state index in [9.17, 15) is 0 Å². The van der Waals surface area contributed by atoms with E-state index in [4.69, 9.17) is 13.3 Å². The molecule has 10 rings (SSSR count). The van der Waals surface area contributed by atoms with Crippen molar-refractivity contribution in [1.82, 2.24) is 0 Å². The Labute approximate surface area is 257 Å². The number of para-hydroxylation sites is 3. The molecule has 0 aliphatic carbocycles. The molecule has 7 aromatic carbocycles. The molecule has 0 bridgehead atoms. The standard InChI is InChI=1S/C42H24O3/c1-4-16-34-31(10-1)40-28(13-7-19-37(40)43-34)25-22-26(29-14-8-20-38-41(29)32-11-2-5-17-35(32)44-38)24-27(23-25)30-15-9-21-39-42(30)33-12-3-6-18-36(33)45-39/h1-24H. The lowest BCUT2D eigenvalue weighted by Crippen LogP contribution is -1.88. The Bertz CT molecular complexity index is 2450. The second-order valence-corrected chi connectivity index (χ2v) is 11.6. The molecule has 45 heavy (non-hydrogen) atoms. The number of hydrogen-bond donors (Lipinski definition) is 0. The van der Waals surface area contributed by atoms with E-state index < -0.39 is 0 Å². The average molecular weight is 577 g/mol. The Morgan fingerprint density at radius 3 is 0.889 bits per heavy atom. The predicted octanol–water partition coefficient (Wildman–Crippen LogP) is 12.4. The summed E-state index contributed by atoms with van der Waals surface area (Å²) in [6, 6.07) is 50.8. The van der Waals surface area contributed by atoms with Gasteiger partial charge >= 0.3 is 0 Å². The summed E-state index contributed by atoms with van der Waals surface area (Å²) in [4.78, 5) is 0. The Kier molecular flexibility index (Phi) is 5.00. The van der Waals surface area contributed by atoms with Gasteiger partial charge < -0.3 is 13.3 Å². The van der Waals surface area contributed by atoms with Crippen molar-refractivity contribution >= 4 is 65.8 Å². The van der Waals surface area contributed by atoms with Crippen molar-refractivity contribution in [2.24, 2.45) is 0 Å². The molecular weight excluding hydrogens is 552 g/mol. The molecule has 0 radical (unpaired) electrons. The number of hydrogen-bond acceptors (Lipinski definition) is 3. The van der Waals surface area contributed by atoms with Gasteiger partial charge in [0.05, 0.1) is 0 Å². The SMILES string of the molecule is c1ccc2c(c1)oc1cccc(-c3cc(-c4cccc5oc6ccccc6c45)cc(-c4cccc5oc6ccccc6c45)c3)c12. The van der Waals surface area contributed by atoms with Crippen molar-refractivity contribution in [1.29, 1.82) is 0 Å². The van der Waals surface area contributed by atoms with Gasteiger partial charge in [0.2, 0.25) is 0 Å². The fourth-order valence-corrected chi connectivity index (χ4v) is 7.14. The first-order chi connectivity index (χ1) is 22.3. The topological polar surface area (TPSA) is 39.4 Å². The first-order valence-electron chi connectivity index (χ1n) is 15.2. The van der Waals surface area contributed by atoms with Crippen LogP contribution in [-0.4, -0.2) is 0 Å². The summed E-state index contributed by atoms with van der Waals surface area (Å²) in [5.41, 5.74) is 12.1. The van der Waals surface area contributed by atoms with E-state index >= 15 is 0 Å². The van der Waals surface area contributed by atoms with Gasteiger partial charge in [-0.2, -0.15) is 0 Å². The normalized spacial score (nSPS) is 12.0. The van der Waals surface area contributed by atoms with Gasteiger partial charge in [0, 0.05) is 32.3 Å². The lowest BCUT2D eigenvalue weighted by molar-refractivity contribution is 0.668. The number of fused-ring (bicyclic) bond motifs is 9. The van der Waals surface area contributed by atoms with Gasteiger partial charge in [-0.05, 0) is 88.0 Å². The molecule has 0 aliphatic rings. The summed E-state index contributed by atoms with van der Waals surface area (Å²) >= 11 is 0. The van der Waals surface area contributed by atoms with E-state index in [1.165, 1.54) is 0 Å². The highest BCUT2D eigenvalue weighted by Crippen LogP contribution is 2.44. The molecule has 0 spiro atoms. The molecule has 0 N–H and O–H groups in total. The molecule has 3 nitrogen and oxygen atoms in total. The molecule has 0 fully saturated rings. The third kappa shape index (κ3) is 3.58. The second-order valence-electron chi connectivity index (χ2n) is 11.6. The molecule has 10 aromatic rings. The molecular formula is C42H24O3. The minimum absolute atomic E-state index is 0.881. The molecule has 0 atom stereocenters. The third-order valence-electron chi connectivity index (χ3n) is 9.07. The molecule has 0 unspecified atom stereocenters. The van der Waals surface area contributed by atoms with Gasteiger partial charge in [-0.1, -0.05) is 91.0 Å². The van der Waals surface area contributed by atoms with Crippen LogP contribution in [0.15, 0.2) is 159 Å². The summed E-state index contributed by atoms with van der Waals surface area (Å²) in [6.07, 6.45) is 0. The maximum atomic E-state index is 6.31. The Balaban J connectivity index is 1.33. The van der Waals surface area contributed by atoms with Crippen LogP contribution >= 0.6 is 0 Å². The third-order valence-corrected chi connectivity index (χ3v) is 9.07. The van der Waals surface area contributed by atoms with Crippen LogP contribution in [0.2, 0.25) is 0 Å². The first-order valence-corrected chi connectivity index (χ1v) is 15.2. The van der Waals surface area contributed by atoms with E-state index in [0.717, 1.165) is 99.2 Å². The molecule has 0 saturated carbocycles. The Morgan fingerprint density at radius 1 is 0.267 bits per heavy atom. The van der Waals surface area contributed by atoms with Crippen molar-refractivity contribution < 1.29 is 13.3 Å². The van der Waals surface area contributed by atoms with Gasteiger partial charge in [0.1, 0.15) is 33.5 Å². The molecule has 210 valence electrons. The minimum Gasteiger partial charge on any atom is -0.456 e. The second kappa shape index (κ2) is 9.22. The highest BCUT2D eigenvalue weighted by atomic mass is 16.3. The van der Waals surface area contributed by atoms with E-state index in [1.807, 2.05) is 36.4 Å². The Hall–Kier alpha value is -6.06. The molecule has 0 aliphatic heterocycles. The maximum absolute atomic E-state index is 6.31. The van der Waals surface area contributed by atoms with Gasteiger partial charge in [-0.25, -0.2) is 0 Å². The zero-order chi connectivity index (χ0) is 29.5. The van der Waals surface area contributed by atoms with Crippen LogP contribution in [0.5, 0.6) is 0 Å². The van der Waals surface area contributed by atoms with Gasteiger partial charge in [0.25, 0.3) is 0 Å². The van der Waals surface area contributed by atoms with Gasteiger partial charge in [-0.3, -0.25) is 0 Å². The monoisotopic (exact) mass is 576 g/mol. The summed E-state index contributed by atoms with van der Waals surface area (Å²) in [5, 5.41) is 6.70. The van der Waals surface area contributed by atoms with Crippen molar-refractivity contribution in [2.45, 2.75) is 0 Å². The summed E-state index contributed by atoms with van der Waals surface area (Å²) < 4.78 is 18.9. The van der Waals surface area contributed by atoms with Crippen LogP contribution in [0.1, 0.15) is 0 Å². The average Bonchev–Trinajstić information content (AvgIpc) is 3.79. The molecule has 3 heteroatoms. The zero-order valence-electron chi connectivity index (χ0n) is 24.1. The van der Waals surface area contributed by atoms with Crippen LogP contribution in [0.4, 0.5) is 0 Å². The highest BCUT2D eigenvalue weighted by Gasteiger charge is 2.19. The van der Waals surface area contributed by atoms with Crippen molar-refractivity contribution in [3.63, 3.8) is 0 Å². The van der Waals surface area contributed by atoms with Crippen molar-refractivity contribution in [2.75, 3.05) is 0 Å². The van der Waals surface area contributed by atoms with Crippen LogP contribution < -0.4 is 0 Å². The van der Waals surface area contributed by atoms with Crippen LogP contribution in [-0.2, 0) is 0 Å². The molecule has 3 aromatic heterocycles. The summed E-state index contributed by atoms with van der Waals surface area (Å²) in [5.74, 6) is 0. The smallest absolute Gasteiger partial charge is 0.136 e. The zero-order valence-corrected chi connectivity index (χ0v) is 24.1. The van der Waals surface area contributed by atoms with E-state index in [-0.39, 0.29) is 0 Å². The first kappa shape index (κ1) is 24.4. The number of rotatable bonds is 3. The summed E-state index contributed by atoms with van der Waals surface area (Å²) in [7, 11) is 0. The number of furan rings is 3. The minimum atomic E-state index is 0.881. The largest absolute Gasteiger partial charge is 0.456 e. The van der Waals surface area contributed by atoms with Crippen LogP contribution in [0, 0.1) is 0 Å². The van der Waals surface area contributed by atoms with Gasteiger partial charge in [0.15, 0.2) is 0 Å².